The maximum Gasteiger partial charge on any atom is 0.452 e. The Morgan fingerprint density at radius 2 is 1.94 bits per heavy atom. The van der Waals surface area contributed by atoms with Crippen LogP contribution in [-0.4, -0.2) is 34.5 Å². The highest BCUT2D eigenvalue weighted by molar-refractivity contribution is 6.33. The summed E-state index contributed by atoms with van der Waals surface area (Å²) in [4.78, 5) is 12.3. The molecule has 7 nitrogen and oxygen atoms in total. The Morgan fingerprint density at radius 1 is 1.18 bits per heavy atom. The predicted octanol–water partition coefficient (Wildman–Crippen LogP) is 5.72. The van der Waals surface area contributed by atoms with Crippen molar-refractivity contribution in [2.24, 2.45) is 0 Å². The van der Waals surface area contributed by atoms with Crippen molar-refractivity contribution in [1.29, 1.82) is 0 Å². The number of nitrogens with zero attached hydrogens (tertiary/aromatic N) is 3. The van der Waals surface area contributed by atoms with Crippen LogP contribution in [0.4, 0.5) is 13.2 Å². The number of alkyl halides is 3. The van der Waals surface area contributed by atoms with Crippen LogP contribution in [0, 0.1) is 0 Å². The lowest BCUT2D eigenvalue weighted by Gasteiger charge is -2.24. The van der Waals surface area contributed by atoms with E-state index in [0.717, 1.165) is 4.57 Å². The summed E-state index contributed by atoms with van der Waals surface area (Å²) in [6.07, 6.45) is -7.48. The van der Waals surface area contributed by atoms with Crippen LogP contribution in [0.5, 0.6) is 5.75 Å². The van der Waals surface area contributed by atoms with Gasteiger partial charge in [-0.3, -0.25) is 9.36 Å². The maximum atomic E-state index is 13.9. The molecule has 0 radical (unpaired) electrons. The third-order valence-electron chi connectivity index (χ3n) is 5.20. The molecule has 4 rings (SSSR count). The molecule has 0 N–H and O–H groups in total. The molecule has 12 heteroatoms. The number of aromatic nitrogens is 3. The summed E-state index contributed by atoms with van der Waals surface area (Å²) in [7, 11) is 1.43. The van der Waals surface area contributed by atoms with Gasteiger partial charge in [0.2, 0.25) is 5.82 Å². The van der Waals surface area contributed by atoms with Crippen molar-refractivity contribution in [3.05, 3.63) is 69.2 Å². The first-order valence-electron chi connectivity index (χ1n) is 10.1. The lowest BCUT2D eigenvalue weighted by Crippen LogP contribution is -2.18. The minimum Gasteiger partial charge on any atom is -0.495 e. The first-order chi connectivity index (χ1) is 16.2. The van der Waals surface area contributed by atoms with Crippen molar-refractivity contribution in [1.82, 2.24) is 14.8 Å². The second-order valence-electron chi connectivity index (χ2n) is 7.30. The van der Waals surface area contributed by atoms with Gasteiger partial charge in [-0.05, 0) is 31.2 Å². The van der Waals surface area contributed by atoms with Gasteiger partial charge in [-0.2, -0.15) is 13.2 Å². The zero-order valence-electron chi connectivity index (χ0n) is 17.9. The number of methoxy groups -OCH3 is 1. The Hall–Kier alpha value is -2.82. The molecule has 0 saturated heterocycles. The Kier molecular flexibility index (Phi) is 6.75. The molecule has 2 heterocycles. The molecule has 2 aromatic carbocycles. The van der Waals surface area contributed by atoms with E-state index in [4.69, 9.17) is 37.4 Å². The molecule has 0 amide bonds. The van der Waals surface area contributed by atoms with Crippen molar-refractivity contribution in [3.63, 3.8) is 0 Å². The summed E-state index contributed by atoms with van der Waals surface area (Å²) in [6.45, 7) is 1.71. The third-order valence-corrected chi connectivity index (χ3v) is 5.84. The van der Waals surface area contributed by atoms with E-state index in [0.29, 0.717) is 11.3 Å². The minimum absolute atomic E-state index is 0.0898. The van der Waals surface area contributed by atoms with E-state index in [1.54, 1.807) is 25.1 Å². The number of carbonyl (C=O) groups excluding carboxylic acids is 1. The summed E-state index contributed by atoms with van der Waals surface area (Å²) in [6, 6.07) is 9.29. The van der Waals surface area contributed by atoms with Crippen LogP contribution < -0.4 is 4.74 Å². The molecule has 0 bridgehead atoms. The van der Waals surface area contributed by atoms with Gasteiger partial charge in [0.15, 0.2) is 5.82 Å². The fraction of sp³-hybridized carbons (Fsp3) is 0.318. The highest BCUT2D eigenvalue weighted by Crippen LogP contribution is 2.46. The van der Waals surface area contributed by atoms with E-state index >= 15 is 0 Å². The first kappa shape index (κ1) is 24.3. The normalized spacial score (nSPS) is 17.5. The van der Waals surface area contributed by atoms with Crippen LogP contribution in [0.3, 0.4) is 0 Å². The highest BCUT2D eigenvalue weighted by Gasteiger charge is 2.43. The Labute approximate surface area is 202 Å². The van der Waals surface area contributed by atoms with Crippen LogP contribution in [0.15, 0.2) is 36.4 Å². The second-order valence-corrected chi connectivity index (χ2v) is 8.11. The Balaban J connectivity index is 1.98. The minimum atomic E-state index is -4.83. The summed E-state index contributed by atoms with van der Waals surface area (Å²) >= 11 is 12.8. The Morgan fingerprint density at radius 3 is 2.62 bits per heavy atom. The van der Waals surface area contributed by atoms with Gasteiger partial charge in [0.05, 0.1) is 30.8 Å². The van der Waals surface area contributed by atoms with Crippen molar-refractivity contribution in [3.8, 4) is 11.4 Å². The molecular formula is C22H18Cl2F3N3O4. The Bertz CT molecular complexity index is 1230. The molecule has 0 aliphatic carbocycles. The fourth-order valence-electron chi connectivity index (χ4n) is 3.80. The van der Waals surface area contributed by atoms with Crippen molar-refractivity contribution in [2.45, 2.75) is 31.7 Å². The van der Waals surface area contributed by atoms with Crippen molar-refractivity contribution >= 4 is 29.2 Å². The molecule has 0 spiro atoms. The number of hydrogen-bond acceptors (Lipinski definition) is 6. The zero-order valence-corrected chi connectivity index (χ0v) is 19.4. The van der Waals surface area contributed by atoms with Crippen LogP contribution in [-0.2, 0) is 20.4 Å². The number of carbonyl (C=O) groups is 1. The number of halogens is 5. The zero-order chi connectivity index (χ0) is 24.6. The third kappa shape index (κ3) is 4.45. The van der Waals surface area contributed by atoms with Crippen molar-refractivity contribution in [2.75, 3.05) is 13.7 Å². The van der Waals surface area contributed by atoms with Gasteiger partial charge in [-0.1, -0.05) is 35.3 Å². The van der Waals surface area contributed by atoms with Crippen LogP contribution in [0.25, 0.3) is 5.69 Å². The smallest absolute Gasteiger partial charge is 0.452 e. The van der Waals surface area contributed by atoms with Crippen molar-refractivity contribution < 1.29 is 32.2 Å². The second kappa shape index (κ2) is 9.44. The number of fused-ring (bicyclic) bond motifs is 3. The number of ether oxygens (including phenoxy) is 3. The molecule has 0 fully saturated rings. The number of rotatable bonds is 5. The van der Waals surface area contributed by atoms with Crippen LogP contribution >= 0.6 is 23.2 Å². The van der Waals surface area contributed by atoms with E-state index in [-0.39, 0.29) is 33.7 Å². The van der Waals surface area contributed by atoms with Gasteiger partial charge in [0.25, 0.3) is 0 Å². The topological polar surface area (TPSA) is 75.5 Å². The largest absolute Gasteiger partial charge is 0.495 e. The molecule has 3 aromatic rings. The average molecular weight is 516 g/mol. The van der Waals surface area contributed by atoms with Crippen LogP contribution in [0.2, 0.25) is 10.0 Å². The number of benzene rings is 2. The number of esters is 1. The van der Waals surface area contributed by atoms with Gasteiger partial charge in [0, 0.05) is 16.1 Å². The van der Waals surface area contributed by atoms with Gasteiger partial charge in [-0.15, -0.1) is 10.2 Å². The summed E-state index contributed by atoms with van der Waals surface area (Å²) in [5, 5.41) is 7.57. The van der Waals surface area contributed by atoms with Gasteiger partial charge in [-0.25, -0.2) is 0 Å². The highest BCUT2D eigenvalue weighted by atomic mass is 35.5. The number of hydrogen-bond donors (Lipinski definition) is 0. The lowest BCUT2D eigenvalue weighted by molar-refractivity contribution is -0.147. The van der Waals surface area contributed by atoms with Gasteiger partial charge >= 0.3 is 12.1 Å². The molecule has 0 unspecified atom stereocenters. The molecule has 34 heavy (non-hydrogen) atoms. The summed E-state index contributed by atoms with van der Waals surface area (Å²) in [5.41, 5.74) is 0.776. The van der Waals surface area contributed by atoms with E-state index in [2.05, 4.69) is 10.2 Å². The average Bonchev–Trinajstić information content (AvgIpc) is 3.18. The molecule has 1 aliphatic rings. The van der Waals surface area contributed by atoms with Gasteiger partial charge in [0.1, 0.15) is 18.0 Å². The van der Waals surface area contributed by atoms with E-state index in [1.807, 2.05) is 0 Å². The molecular weight excluding hydrogens is 498 g/mol. The van der Waals surface area contributed by atoms with E-state index in [1.165, 1.54) is 25.3 Å². The van der Waals surface area contributed by atoms with E-state index in [9.17, 15) is 18.0 Å². The molecule has 1 aliphatic heterocycles. The predicted molar refractivity (Wildman–Crippen MR) is 116 cm³/mol. The molecule has 0 saturated carbocycles. The van der Waals surface area contributed by atoms with Crippen LogP contribution in [0.1, 0.15) is 48.3 Å². The summed E-state index contributed by atoms with van der Waals surface area (Å²) in [5.74, 6) is -1.80. The molecule has 180 valence electrons. The quantitative estimate of drug-likeness (QED) is 0.404. The SMILES string of the molecule is CCOC(=O)C[C@@H]1O[C@@H](c2cccc(OC)c2Cl)c2cc(Cl)ccc2-n2c1nnc2C(F)(F)F. The first-order valence-corrected chi connectivity index (χ1v) is 10.9. The fourth-order valence-corrected chi connectivity index (χ4v) is 4.29. The maximum absolute atomic E-state index is 13.9. The monoisotopic (exact) mass is 515 g/mol. The van der Waals surface area contributed by atoms with Gasteiger partial charge < -0.3 is 14.2 Å². The lowest BCUT2D eigenvalue weighted by atomic mass is 9.99. The summed E-state index contributed by atoms with van der Waals surface area (Å²) < 4.78 is 59.0. The van der Waals surface area contributed by atoms with E-state index < -0.39 is 36.6 Å². The molecule has 2 atom stereocenters. The molecule has 1 aromatic heterocycles. The standard InChI is InChI=1S/C22H18Cl2F3N3O4/c1-3-33-17(31)10-16-20-28-29-21(22(25,26)27)30(20)14-8-7-11(23)9-13(14)19(34-16)12-5-4-6-15(32-2)18(12)24/h4-9,16,19H,3,10H2,1-2H3/t16-,19-/m0/s1.